The van der Waals surface area contributed by atoms with Crippen LogP contribution in [0, 0.1) is 5.92 Å². The van der Waals surface area contributed by atoms with Gasteiger partial charge in [0, 0.05) is 19.6 Å². The van der Waals surface area contributed by atoms with Crippen molar-refractivity contribution in [1.82, 2.24) is 15.1 Å². The van der Waals surface area contributed by atoms with E-state index in [1.807, 2.05) is 14.0 Å². The number of likely N-dealkylation sites (N-methyl/N-ethyl adjacent to an activating group) is 1. The number of piperidine rings is 1. The molecule has 17 heavy (non-hydrogen) atoms. The molecule has 0 bridgehead atoms. The van der Waals surface area contributed by atoms with Crippen LogP contribution in [0.15, 0.2) is 0 Å². The molecule has 0 aliphatic carbocycles. The number of amides is 1. The monoisotopic (exact) mass is 241 g/mol. The van der Waals surface area contributed by atoms with E-state index in [0.717, 1.165) is 6.54 Å². The Morgan fingerprint density at radius 1 is 1.47 bits per heavy atom. The fourth-order valence-electron chi connectivity index (χ4n) is 2.25. The quantitative estimate of drug-likeness (QED) is 0.773. The Bertz CT molecular complexity index is 237. The molecule has 1 saturated heterocycles. The topological polar surface area (TPSA) is 35.6 Å². The summed E-state index contributed by atoms with van der Waals surface area (Å²) in [6.07, 6.45) is 2.48. The highest BCUT2D eigenvalue weighted by Gasteiger charge is 2.22. The van der Waals surface area contributed by atoms with Gasteiger partial charge in [-0.25, -0.2) is 0 Å². The molecule has 0 saturated carbocycles. The summed E-state index contributed by atoms with van der Waals surface area (Å²) in [6, 6.07) is 0.443. The Kier molecular flexibility index (Phi) is 5.92. The lowest BCUT2D eigenvalue weighted by Gasteiger charge is -2.33. The molecule has 1 heterocycles. The van der Waals surface area contributed by atoms with Crippen molar-refractivity contribution in [1.29, 1.82) is 0 Å². The number of nitrogens with one attached hydrogen (secondary N) is 1. The molecule has 1 atom stereocenters. The standard InChI is InChI=1S/C13H27N3O/c1-5-16(4)13(17)10-14-11(2)12-6-8-15(3)9-7-12/h11-12,14H,5-10H2,1-4H3. The predicted molar refractivity (Wildman–Crippen MR) is 71.0 cm³/mol. The van der Waals surface area contributed by atoms with E-state index in [1.165, 1.54) is 25.9 Å². The molecular weight excluding hydrogens is 214 g/mol. The van der Waals surface area contributed by atoms with Gasteiger partial charge in [-0.2, -0.15) is 0 Å². The fraction of sp³-hybridized carbons (Fsp3) is 0.923. The maximum Gasteiger partial charge on any atom is 0.236 e. The van der Waals surface area contributed by atoms with Gasteiger partial charge in [0.1, 0.15) is 0 Å². The maximum absolute atomic E-state index is 11.7. The van der Waals surface area contributed by atoms with Crippen LogP contribution in [0.3, 0.4) is 0 Å². The normalized spacial score (nSPS) is 20.2. The SMILES string of the molecule is CCN(C)C(=O)CNC(C)C1CCN(C)CC1. The summed E-state index contributed by atoms with van der Waals surface area (Å²) in [6.45, 7) is 7.81. The smallest absolute Gasteiger partial charge is 0.236 e. The third-order valence-corrected chi connectivity index (χ3v) is 3.95. The molecule has 1 aliphatic rings. The van der Waals surface area contributed by atoms with Crippen LogP contribution in [-0.2, 0) is 4.79 Å². The van der Waals surface area contributed by atoms with E-state index in [9.17, 15) is 4.79 Å². The zero-order valence-electron chi connectivity index (χ0n) is 11.7. The molecule has 0 radical (unpaired) electrons. The third-order valence-electron chi connectivity index (χ3n) is 3.95. The average Bonchev–Trinajstić information content (AvgIpc) is 2.35. The Balaban J connectivity index is 2.25. The van der Waals surface area contributed by atoms with Gasteiger partial charge >= 0.3 is 0 Å². The zero-order valence-corrected chi connectivity index (χ0v) is 11.7. The van der Waals surface area contributed by atoms with E-state index in [0.29, 0.717) is 18.5 Å². The van der Waals surface area contributed by atoms with Crippen LogP contribution >= 0.6 is 0 Å². The molecule has 1 aliphatic heterocycles. The van der Waals surface area contributed by atoms with E-state index in [1.54, 1.807) is 4.90 Å². The van der Waals surface area contributed by atoms with Crippen LogP contribution in [0.5, 0.6) is 0 Å². The molecule has 0 aromatic carbocycles. The van der Waals surface area contributed by atoms with Gasteiger partial charge < -0.3 is 15.1 Å². The van der Waals surface area contributed by atoms with Crippen LogP contribution in [-0.4, -0.2) is 62.0 Å². The van der Waals surface area contributed by atoms with E-state index in [4.69, 9.17) is 0 Å². The molecule has 1 fully saturated rings. The second-order valence-electron chi connectivity index (χ2n) is 5.22. The van der Waals surface area contributed by atoms with Gasteiger partial charge in [0.05, 0.1) is 6.54 Å². The molecule has 0 aromatic rings. The minimum Gasteiger partial charge on any atom is -0.345 e. The first-order chi connectivity index (χ1) is 8.04. The highest BCUT2D eigenvalue weighted by atomic mass is 16.2. The van der Waals surface area contributed by atoms with Crippen LogP contribution in [0.1, 0.15) is 26.7 Å². The van der Waals surface area contributed by atoms with Crippen molar-refractivity contribution in [3.63, 3.8) is 0 Å². The lowest BCUT2D eigenvalue weighted by molar-refractivity contribution is -0.128. The Morgan fingerprint density at radius 2 is 2.06 bits per heavy atom. The first kappa shape index (κ1) is 14.5. The number of carbonyl (C=O) groups excluding carboxylic acids is 1. The molecular formula is C13H27N3O. The van der Waals surface area contributed by atoms with Crippen LogP contribution < -0.4 is 5.32 Å². The average molecular weight is 241 g/mol. The summed E-state index contributed by atoms with van der Waals surface area (Å²) in [5.74, 6) is 0.901. The first-order valence-corrected chi connectivity index (χ1v) is 6.70. The highest BCUT2D eigenvalue weighted by molar-refractivity contribution is 5.77. The molecule has 1 N–H and O–H groups in total. The number of rotatable bonds is 5. The van der Waals surface area contributed by atoms with Gasteiger partial charge in [0.25, 0.3) is 0 Å². The summed E-state index contributed by atoms with van der Waals surface area (Å²) < 4.78 is 0. The first-order valence-electron chi connectivity index (χ1n) is 6.70. The zero-order chi connectivity index (χ0) is 12.8. The minimum atomic E-state index is 0.187. The van der Waals surface area contributed by atoms with E-state index in [2.05, 4.69) is 24.2 Å². The lowest BCUT2D eigenvalue weighted by atomic mass is 9.90. The molecule has 1 amide bonds. The van der Waals surface area contributed by atoms with Crippen molar-refractivity contribution < 1.29 is 4.79 Å². The second-order valence-corrected chi connectivity index (χ2v) is 5.22. The van der Waals surface area contributed by atoms with Gasteiger partial charge in [-0.15, -0.1) is 0 Å². The number of hydrogen-bond donors (Lipinski definition) is 1. The number of nitrogens with zero attached hydrogens (tertiary/aromatic N) is 2. The summed E-state index contributed by atoms with van der Waals surface area (Å²) in [7, 11) is 4.03. The molecule has 0 spiro atoms. The molecule has 4 heteroatoms. The molecule has 1 rings (SSSR count). The molecule has 4 nitrogen and oxygen atoms in total. The molecule has 1 unspecified atom stereocenters. The van der Waals surface area contributed by atoms with Gasteiger partial charge in [-0.05, 0) is 52.7 Å². The van der Waals surface area contributed by atoms with Gasteiger partial charge in [-0.1, -0.05) is 0 Å². The van der Waals surface area contributed by atoms with Crippen molar-refractivity contribution in [2.45, 2.75) is 32.7 Å². The van der Waals surface area contributed by atoms with Gasteiger partial charge in [-0.3, -0.25) is 4.79 Å². The van der Waals surface area contributed by atoms with Crippen LogP contribution in [0.25, 0.3) is 0 Å². The van der Waals surface area contributed by atoms with Crippen LogP contribution in [0.2, 0.25) is 0 Å². The predicted octanol–water partition coefficient (Wildman–Crippen LogP) is 0.785. The Morgan fingerprint density at radius 3 is 2.59 bits per heavy atom. The summed E-state index contributed by atoms with van der Waals surface area (Å²) >= 11 is 0. The highest BCUT2D eigenvalue weighted by Crippen LogP contribution is 2.19. The lowest BCUT2D eigenvalue weighted by Crippen LogP contribution is -2.44. The number of likely N-dealkylation sites (tertiary alicyclic amines) is 1. The largest absolute Gasteiger partial charge is 0.345 e. The number of hydrogen-bond acceptors (Lipinski definition) is 3. The van der Waals surface area contributed by atoms with Crippen LogP contribution in [0.4, 0.5) is 0 Å². The van der Waals surface area contributed by atoms with E-state index in [-0.39, 0.29) is 5.91 Å². The fourth-order valence-corrected chi connectivity index (χ4v) is 2.25. The second kappa shape index (κ2) is 6.97. The Labute approximate surface area is 105 Å². The summed E-state index contributed by atoms with van der Waals surface area (Å²) in [5, 5.41) is 3.37. The van der Waals surface area contributed by atoms with Crippen molar-refractivity contribution in [3.05, 3.63) is 0 Å². The van der Waals surface area contributed by atoms with Crippen molar-refractivity contribution in [3.8, 4) is 0 Å². The van der Waals surface area contributed by atoms with Crippen molar-refractivity contribution in [2.75, 3.05) is 40.3 Å². The van der Waals surface area contributed by atoms with Crippen molar-refractivity contribution >= 4 is 5.91 Å². The number of carbonyl (C=O) groups is 1. The summed E-state index contributed by atoms with van der Waals surface area (Å²) in [5.41, 5.74) is 0. The summed E-state index contributed by atoms with van der Waals surface area (Å²) in [4.78, 5) is 15.8. The van der Waals surface area contributed by atoms with E-state index < -0.39 is 0 Å². The van der Waals surface area contributed by atoms with Gasteiger partial charge in [0.15, 0.2) is 0 Å². The van der Waals surface area contributed by atoms with E-state index >= 15 is 0 Å². The maximum atomic E-state index is 11.7. The molecule has 0 aromatic heterocycles. The minimum absolute atomic E-state index is 0.187. The molecule has 100 valence electrons. The van der Waals surface area contributed by atoms with Gasteiger partial charge in [0.2, 0.25) is 5.91 Å². The third kappa shape index (κ3) is 4.64. The van der Waals surface area contributed by atoms with Crippen molar-refractivity contribution in [2.24, 2.45) is 5.92 Å². The Hall–Kier alpha value is -0.610.